The molecule has 1 heterocycles. The van der Waals surface area contributed by atoms with Gasteiger partial charge in [-0.3, -0.25) is 14.9 Å². The number of nitrogens with one attached hydrogen (secondary N) is 1. The minimum atomic E-state index is -0.506. The average molecular weight is 384 g/mol. The zero-order valence-corrected chi connectivity index (χ0v) is 13.5. The van der Waals surface area contributed by atoms with Gasteiger partial charge in [-0.15, -0.1) is 11.3 Å². The van der Waals surface area contributed by atoms with Gasteiger partial charge in [0.1, 0.15) is 5.75 Å². The molecule has 0 atom stereocenters. The van der Waals surface area contributed by atoms with Crippen molar-refractivity contribution in [2.24, 2.45) is 5.10 Å². The molecule has 0 aliphatic heterocycles. The van der Waals surface area contributed by atoms with Gasteiger partial charge in [0.2, 0.25) is 0 Å². The highest BCUT2D eigenvalue weighted by Crippen LogP contribution is 2.20. The van der Waals surface area contributed by atoms with Crippen molar-refractivity contribution in [3.8, 4) is 5.75 Å². The fraction of sp³-hybridized carbons (Fsp3) is 0.0769. The monoisotopic (exact) mass is 383 g/mol. The number of ether oxygens (including phenoxy) is 1. The summed E-state index contributed by atoms with van der Waals surface area (Å²) in [5, 5.41) is 14.3. The highest BCUT2D eigenvalue weighted by atomic mass is 79.9. The molecule has 0 unspecified atom stereocenters. The van der Waals surface area contributed by atoms with Crippen LogP contribution in [0.25, 0.3) is 0 Å². The number of non-ortho nitro benzene ring substituents is 1. The molecular formula is C13H10BrN3O4S. The Labute approximate surface area is 137 Å². The van der Waals surface area contributed by atoms with E-state index >= 15 is 0 Å². The number of amides is 1. The van der Waals surface area contributed by atoms with Crippen LogP contribution in [0.15, 0.2) is 45.3 Å². The topological polar surface area (TPSA) is 93.8 Å². The predicted octanol–water partition coefficient (Wildman–Crippen LogP) is 2.95. The summed E-state index contributed by atoms with van der Waals surface area (Å²) in [4.78, 5) is 22.4. The van der Waals surface area contributed by atoms with E-state index in [-0.39, 0.29) is 12.3 Å². The summed E-state index contributed by atoms with van der Waals surface area (Å²) in [6, 6.07) is 9.21. The van der Waals surface area contributed by atoms with Crippen LogP contribution in [-0.2, 0) is 4.79 Å². The molecule has 0 fully saturated rings. The third-order valence-corrected chi connectivity index (χ3v) is 3.95. The van der Waals surface area contributed by atoms with Gasteiger partial charge in [-0.1, -0.05) is 0 Å². The number of nitrogens with zero attached hydrogens (tertiary/aromatic N) is 2. The normalized spacial score (nSPS) is 10.6. The third kappa shape index (κ3) is 4.93. The van der Waals surface area contributed by atoms with Crippen LogP contribution in [0.4, 0.5) is 5.69 Å². The van der Waals surface area contributed by atoms with Gasteiger partial charge in [0, 0.05) is 17.0 Å². The number of halogens is 1. The van der Waals surface area contributed by atoms with Gasteiger partial charge in [-0.05, 0) is 40.2 Å². The van der Waals surface area contributed by atoms with E-state index in [1.807, 2.05) is 12.1 Å². The van der Waals surface area contributed by atoms with Gasteiger partial charge in [-0.25, -0.2) is 5.43 Å². The van der Waals surface area contributed by atoms with E-state index in [4.69, 9.17) is 4.74 Å². The highest BCUT2D eigenvalue weighted by molar-refractivity contribution is 9.11. The van der Waals surface area contributed by atoms with Crippen LogP contribution in [0.3, 0.4) is 0 Å². The molecule has 7 nitrogen and oxygen atoms in total. The van der Waals surface area contributed by atoms with E-state index in [0.29, 0.717) is 5.75 Å². The van der Waals surface area contributed by atoms with Crippen molar-refractivity contribution in [3.05, 3.63) is 55.2 Å². The van der Waals surface area contributed by atoms with Crippen LogP contribution in [0.5, 0.6) is 5.75 Å². The summed E-state index contributed by atoms with van der Waals surface area (Å²) < 4.78 is 6.17. The lowest BCUT2D eigenvalue weighted by Gasteiger charge is -2.04. The zero-order valence-electron chi connectivity index (χ0n) is 11.1. The lowest BCUT2D eigenvalue weighted by atomic mass is 10.3. The van der Waals surface area contributed by atoms with Gasteiger partial charge in [0.05, 0.1) is 14.9 Å². The number of nitro benzene ring substituents is 1. The maximum atomic E-state index is 11.5. The molecule has 0 aliphatic carbocycles. The molecule has 1 N–H and O–H groups in total. The van der Waals surface area contributed by atoms with Crippen molar-refractivity contribution < 1.29 is 14.5 Å². The molecule has 9 heteroatoms. The molecule has 1 amide bonds. The van der Waals surface area contributed by atoms with E-state index in [1.165, 1.54) is 41.8 Å². The van der Waals surface area contributed by atoms with Gasteiger partial charge in [-0.2, -0.15) is 5.10 Å². The van der Waals surface area contributed by atoms with Gasteiger partial charge in [0.15, 0.2) is 6.61 Å². The Morgan fingerprint density at radius 3 is 2.68 bits per heavy atom. The Balaban J connectivity index is 1.77. The predicted molar refractivity (Wildman–Crippen MR) is 86.3 cm³/mol. The second kappa shape index (κ2) is 7.66. The summed E-state index contributed by atoms with van der Waals surface area (Å²) in [5.41, 5.74) is 2.29. The minimum absolute atomic E-state index is 0.0384. The highest BCUT2D eigenvalue weighted by Gasteiger charge is 2.06. The van der Waals surface area contributed by atoms with E-state index in [0.717, 1.165) is 8.66 Å². The number of thiophene rings is 1. The summed E-state index contributed by atoms with van der Waals surface area (Å²) in [6.07, 6.45) is 1.53. The number of hydrogen-bond donors (Lipinski definition) is 1. The van der Waals surface area contributed by atoms with E-state index in [9.17, 15) is 14.9 Å². The maximum absolute atomic E-state index is 11.5. The first kappa shape index (κ1) is 16.1. The number of rotatable bonds is 6. The van der Waals surface area contributed by atoms with Crippen LogP contribution in [-0.4, -0.2) is 23.7 Å². The van der Waals surface area contributed by atoms with E-state index in [1.54, 1.807) is 0 Å². The summed E-state index contributed by atoms with van der Waals surface area (Å²) in [5.74, 6) is -0.0582. The van der Waals surface area contributed by atoms with Gasteiger partial charge in [0.25, 0.3) is 11.6 Å². The molecule has 0 bridgehead atoms. The molecular weight excluding hydrogens is 374 g/mol. The van der Waals surface area contributed by atoms with Crippen molar-refractivity contribution in [1.82, 2.24) is 5.43 Å². The average Bonchev–Trinajstić information content (AvgIpc) is 2.91. The van der Waals surface area contributed by atoms with Gasteiger partial charge < -0.3 is 4.74 Å². The lowest BCUT2D eigenvalue weighted by Crippen LogP contribution is -2.24. The maximum Gasteiger partial charge on any atom is 0.277 e. The fourth-order valence-corrected chi connectivity index (χ4v) is 2.71. The molecule has 0 spiro atoms. The molecule has 1 aromatic carbocycles. The molecule has 2 rings (SSSR count). The Kier molecular flexibility index (Phi) is 5.61. The fourth-order valence-electron chi connectivity index (χ4n) is 1.41. The molecule has 0 aliphatic rings. The Bertz CT molecular complexity index is 700. The number of carbonyl (C=O) groups excluding carboxylic acids is 1. The molecule has 114 valence electrons. The number of hydrogen-bond acceptors (Lipinski definition) is 6. The standard InChI is InChI=1S/C13H10BrN3O4S/c14-12-6-5-11(22-12)7-15-16-13(18)8-21-10-3-1-9(2-4-10)17(19)20/h1-7H,8H2,(H,16,18)/b15-7+. The first-order valence-electron chi connectivity index (χ1n) is 5.99. The smallest absolute Gasteiger partial charge is 0.277 e. The van der Waals surface area contributed by atoms with Crippen LogP contribution in [0.1, 0.15) is 4.88 Å². The first-order chi connectivity index (χ1) is 10.5. The largest absolute Gasteiger partial charge is 0.484 e. The first-order valence-corrected chi connectivity index (χ1v) is 7.60. The van der Waals surface area contributed by atoms with Crippen LogP contribution in [0, 0.1) is 10.1 Å². The second-order valence-electron chi connectivity index (χ2n) is 3.97. The second-order valence-corrected chi connectivity index (χ2v) is 6.47. The summed E-state index contributed by atoms with van der Waals surface area (Å²) in [7, 11) is 0. The third-order valence-electron chi connectivity index (χ3n) is 2.39. The minimum Gasteiger partial charge on any atom is -0.484 e. The summed E-state index contributed by atoms with van der Waals surface area (Å²) in [6.45, 7) is -0.233. The van der Waals surface area contributed by atoms with Crippen molar-refractivity contribution >= 4 is 45.1 Å². The number of hydrazone groups is 1. The number of nitro groups is 1. The van der Waals surface area contributed by atoms with Crippen LogP contribution in [0.2, 0.25) is 0 Å². The number of carbonyl (C=O) groups is 1. The van der Waals surface area contributed by atoms with Crippen LogP contribution >= 0.6 is 27.3 Å². The Morgan fingerprint density at radius 1 is 1.36 bits per heavy atom. The van der Waals surface area contributed by atoms with Crippen molar-refractivity contribution in [3.63, 3.8) is 0 Å². The van der Waals surface area contributed by atoms with Crippen molar-refractivity contribution in [1.29, 1.82) is 0 Å². The number of benzene rings is 1. The molecule has 0 saturated carbocycles. The Hall–Kier alpha value is -2.26. The SMILES string of the molecule is O=C(COc1ccc([N+](=O)[O-])cc1)N/N=C/c1ccc(Br)s1. The quantitative estimate of drug-likeness (QED) is 0.471. The van der Waals surface area contributed by atoms with E-state index in [2.05, 4.69) is 26.5 Å². The Morgan fingerprint density at radius 2 is 2.09 bits per heavy atom. The van der Waals surface area contributed by atoms with Gasteiger partial charge >= 0.3 is 0 Å². The molecule has 0 saturated heterocycles. The summed E-state index contributed by atoms with van der Waals surface area (Å²) >= 11 is 4.81. The molecule has 0 radical (unpaired) electrons. The molecule has 1 aromatic heterocycles. The van der Waals surface area contributed by atoms with Crippen molar-refractivity contribution in [2.75, 3.05) is 6.61 Å². The zero-order chi connectivity index (χ0) is 15.9. The molecule has 22 heavy (non-hydrogen) atoms. The molecule has 2 aromatic rings. The van der Waals surface area contributed by atoms with E-state index < -0.39 is 10.8 Å². The lowest BCUT2D eigenvalue weighted by molar-refractivity contribution is -0.384. The van der Waals surface area contributed by atoms with Crippen LogP contribution < -0.4 is 10.2 Å². The van der Waals surface area contributed by atoms with Crippen molar-refractivity contribution in [2.45, 2.75) is 0 Å².